The third kappa shape index (κ3) is 2.81. The Morgan fingerprint density at radius 2 is 1.90 bits per heavy atom. The zero-order chi connectivity index (χ0) is 21.3. The van der Waals surface area contributed by atoms with Gasteiger partial charge in [0.1, 0.15) is 11.5 Å². The zero-order valence-electron chi connectivity index (χ0n) is 18.7. The molecule has 30 heavy (non-hydrogen) atoms. The van der Waals surface area contributed by atoms with Crippen LogP contribution in [0.1, 0.15) is 66.2 Å². The third-order valence-corrected chi connectivity index (χ3v) is 9.19. The van der Waals surface area contributed by atoms with Crippen molar-refractivity contribution < 1.29 is 23.8 Å². The fourth-order valence-electron chi connectivity index (χ4n) is 7.99. The number of fused-ring (bicyclic) bond motifs is 5. The molecule has 0 amide bonds. The quantitative estimate of drug-likeness (QED) is 0.620. The first-order valence-electron chi connectivity index (χ1n) is 11.6. The maximum atomic E-state index is 13.7. The predicted octanol–water partition coefficient (Wildman–Crippen LogP) is 4.56. The SMILES string of the molecule is CC(=O)OC1=CC2=CCC3C(C(=O)CC4(C)C3CC[C@@H]4C3(C)OCCO3)C2(C)CC1. The topological polar surface area (TPSA) is 61.8 Å². The number of hydrogen-bond donors (Lipinski definition) is 0. The van der Waals surface area contributed by atoms with Gasteiger partial charge in [0.05, 0.1) is 13.2 Å². The van der Waals surface area contributed by atoms with Crippen molar-refractivity contribution in [1.29, 1.82) is 0 Å². The Morgan fingerprint density at radius 1 is 1.17 bits per heavy atom. The van der Waals surface area contributed by atoms with Crippen LogP contribution in [0.5, 0.6) is 0 Å². The Balaban J connectivity index is 1.48. The molecule has 0 radical (unpaired) electrons. The van der Waals surface area contributed by atoms with Crippen LogP contribution in [0.4, 0.5) is 0 Å². The fourth-order valence-corrected chi connectivity index (χ4v) is 7.99. The van der Waals surface area contributed by atoms with E-state index in [0.29, 0.717) is 43.7 Å². The van der Waals surface area contributed by atoms with Crippen LogP contribution in [0, 0.1) is 34.5 Å². The molecule has 0 aromatic carbocycles. The van der Waals surface area contributed by atoms with Crippen LogP contribution in [-0.4, -0.2) is 30.8 Å². The molecule has 0 spiro atoms. The number of allylic oxidation sites excluding steroid dienone is 4. The maximum absolute atomic E-state index is 13.7. The van der Waals surface area contributed by atoms with Crippen molar-refractivity contribution in [2.75, 3.05) is 13.2 Å². The predicted molar refractivity (Wildman–Crippen MR) is 111 cm³/mol. The summed E-state index contributed by atoms with van der Waals surface area (Å²) >= 11 is 0. The average molecular weight is 415 g/mol. The fraction of sp³-hybridized carbons (Fsp3) is 0.760. The van der Waals surface area contributed by atoms with Crippen LogP contribution in [0.25, 0.3) is 0 Å². The Hall–Kier alpha value is -1.46. The summed E-state index contributed by atoms with van der Waals surface area (Å²) in [7, 11) is 0. The highest BCUT2D eigenvalue weighted by Crippen LogP contribution is 2.66. The number of carbonyl (C=O) groups is 2. The molecule has 1 saturated heterocycles. The molecule has 4 aliphatic carbocycles. The van der Waals surface area contributed by atoms with Crippen LogP contribution >= 0.6 is 0 Å². The van der Waals surface area contributed by atoms with Gasteiger partial charge in [-0.3, -0.25) is 9.59 Å². The van der Waals surface area contributed by atoms with Crippen LogP contribution in [0.3, 0.4) is 0 Å². The molecule has 5 nitrogen and oxygen atoms in total. The molecule has 2 saturated carbocycles. The van der Waals surface area contributed by atoms with Gasteiger partial charge in [-0.25, -0.2) is 0 Å². The standard InChI is InChI=1S/C25H34O5/c1-15(26)30-17-9-10-23(2)16(13-17)5-6-18-19-7-8-21(25(4)28-11-12-29-25)24(19,3)14-20(27)22(18)23/h5,13,18-19,21-22H,6-12,14H2,1-4H3/t18?,19?,21-,22?,23?,24?/m0/s1. The summed E-state index contributed by atoms with van der Waals surface area (Å²) in [6, 6.07) is 0. The third-order valence-electron chi connectivity index (χ3n) is 9.19. The van der Waals surface area contributed by atoms with Gasteiger partial charge in [-0.15, -0.1) is 0 Å². The minimum atomic E-state index is -0.553. The van der Waals surface area contributed by atoms with E-state index < -0.39 is 5.79 Å². The summed E-state index contributed by atoms with van der Waals surface area (Å²) in [5.41, 5.74) is 0.965. The lowest BCUT2D eigenvalue weighted by Gasteiger charge is -2.56. The Bertz CT molecular complexity index is 834. The molecule has 164 valence electrons. The van der Waals surface area contributed by atoms with Crippen molar-refractivity contribution in [2.45, 2.75) is 72.0 Å². The van der Waals surface area contributed by atoms with Gasteiger partial charge in [-0.1, -0.05) is 19.9 Å². The van der Waals surface area contributed by atoms with Gasteiger partial charge in [-0.2, -0.15) is 0 Å². The second-order valence-electron chi connectivity index (χ2n) is 10.8. The highest BCUT2D eigenvalue weighted by atomic mass is 16.7. The van der Waals surface area contributed by atoms with E-state index in [1.807, 2.05) is 6.08 Å². The molecule has 0 bridgehead atoms. The maximum Gasteiger partial charge on any atom is 0.307 e. The highest BCUT2D eigenvalue weighted by molar-refractivity contribution is 5.85. The lowest BCUT2D eigenvalue weighted by molar-refractivity contribution is -0.212. The highest BCUT2D eigenvalue weighted by Gasteiger charge is 2.65. The number of carbonyl (C=O) groups excluding carboxylic acids is 2. The summed E-state index contributed by atoms with van der Waals surface area (Å²) in [6.45, 7) is 9.40. The number of esters is 1. The monoisotopic (exact) mass is 414 g/mol. The molecule has 5 rings (SSSR count). The van der Waals surface area contributed by atoms with E-state index in [-0.39, 0.29) is 28.6 Å². The summed E-state index contributed by atoms with van der Waals surface area (Å²) in [5, 5.41) is 0. The van der Waals surface area contributed by atoms with Gasteiger partial charge in [0, 0.05) is 37.0 Å². The van der Waals surface area contributed by atoms with Gasteiger partial charge in [0.2, 0.25) is 0 Å². The van der Waals surface area contributed by atoms with E-state index >= 15 is 0 Å². The lowest BCUT2D eigenvalue weighted by atomic mass is 9.47. The van der Waals surface area contributed by atoms with Crippen molar-refractivity contribution in [3.05, 3.63) is 23.5 Å². The smallest absolute Gasteiger partial charge is 0.307 e. The first-order chi connectivity index (χ1) is 14.2. The van der Waals surface area contributed by atoms with E-state index in [1.54, 1.807) is 0 Å². The van der Waals surface area contributed by atoms with Crippen molar-refractivity contribution in [1.82, 2.24) is 0 Å². The first kappa shape index (κ1) is 20.4. The molecule has 1 aliphatic heterocycles. The summed E-state index contributed by atoms with van der Waals surface area (Å²) < 4.78 is 17.5. The van der Waals surface area contributed by atoms with Gasteiger partial charge in [-0.05, 0) is 61.5 Å². The average Bonchev–Trinajstić information content (AvgIpc) is 3.25. The Kier molecular flexibility index (Phi) is 4.61. The number of ether oxygens (including phenoxy) is 3. The minimum Gasteiger partial charge on any atom is -0.431 e. The first-order valence-corrected chi connectivity index (χ1v) is 11.6. The Labute approximate surface area is 179 Å². The molecule has 0 N–H and O–H groups in total. The molecule has 1 heterocycles. The largest absolute Gasteiger partial charge is 0.431 e. The molecule has 3 fully saturated rings. The number of ketones is 1. The molecular weight excluding hydrogens is 380 g/mol. The van der Waals surface area contributed by atoms with Crippen LogP contribution < -0.4 is 0 Å². The lowest BCUT2D eigenvalue weighted by Crippen LogP contribution is -2.56. The van der Waals surface area contributed by atoms with Gasteiger partial charge in [0.15, 0.2) is 5.79 Å². The molecule has 0 aromatic rings. The van der Waals surface area contributed by atoms with E-state index in [1.165, 1.54) is 12.5 Å². The number of Topliss-reactive ketones (excluding diaryl/α,β-unsaturated/α-hetero) is 1. The van der Waals surface area contributed by atoms with E-state index in [2.05, 4.69) is 26.8 Å². The van der Waals surface area contributed by atoms with E-state index in [9.17, 15) is 9.59 Å². The molecule has 6 atom stereocenters. The molecular formula is C25H34O5. The van der Waals surface area contributed by atoms with Gasteiger partial charge >= 0.3 is 5.97 Å². The normalized spacial score (nSPS) is 44.5. The molecule has 5 unspecified atom stereocenters. The van der Waals surface area contributed by atoms with E-state index in [4.69, 9.17) is 14.2 Å². The minimum absolute atomic E-state index is 0.0580. The molecule has 5 heteroatoms. The van der Waals surface area contributed by atoms with E-state index in [0.717, 1.165) is 31.4 Å². The van der Waals surface area contributed by atoms with Crippen LogP contribution in [0.2, 0.25) is 0 Å². The zero-order valence-corrected chi connectivity index (χ0v) is 18.7. The summed E-state index contributed by atoms with van der Waals surface area (Å²) in [6.07, 6.45) is 9.69. The van der Waals surface area contributed by atoms with Gasteiger partial charge in [0.25, 0.3) is 0 Å². The second kappa shape index (κ2) is 6.77. The molecule has 5 aliphatic rings. The van der Waals surface area contributed by atoms with Crippen LogP contribution in [0.15, 0.2) is 23.5 Å². The van der Waals surface area contributed by atoms with Gasteiger partial charge < -0.3 is 14.2 Å². The summed E-state index contributed by atoms with van der Waals surface area (Å²) in [4.78, 5) is 25.1. The second-order valence-corrected chi connectivity index (χ2v) is 10.8. The summed E-state index contributed by atoms with van der Waals surface area (Å²) in [5.74, 6) is 1.54. The number of rotatable bonds is 2. The van der Waals surface area contributed by atoms with Crippen LogP contribution in [-0.2, 0) is 23.8 Å². The van der Waals surface area contributed by atoms with Crippen molar-refractivity contribution in [2.24, 2.45) is 34.5 Å². The molecule has 0 aromatic heterocycles. The van der Waals surface area contributed by atoms with Crippen molar-refractivity contribution in [3.63, 3.8) is 0 Å². The Morgan fingerprint density at radius 3 is 2.60 bits per heavy atom. The number of hydrogen-bond acceptors (Lipinski definition) is 5. The van der Waals surface area contributed by atoms with Crippen molar-refractivity contribution in [3.8, 4) is 0 Å². The van der Waals surface area contributed by atoms with Crippen molar-refractivity contribution >= 4 is 11.8 Å².